The first kappa shape index (κ1) is 19.1. The lowest BCUT2D eigenvalue weighted by molar-refractivity contribution is 0.102. The molecule has 1 N–H and O–H groups in total. The summed E-state index contributed by atoms with van der Waals surface area (Å²) in [6.45, 7) is 5.50. The first-order valence-corrected chi connectivity index (χ1v) is 10.4. The van der Waals surface area contributed by atoms with Crippen LogP contribution in [0.3, 0.4) is 0 Å². The average Bonchev–Trinajstić information content (AvgIpc) is 3.47. The van der Waals surface area contributed by atoms with E-state index in [1.165, 1.54) is 11.3 Å². The van der Waals surface area contributed by atoms with Crippen LogP contribution in [0.2, 0.25) is 0 Å². The van der Waals surface area contributed by atoms with E-state index in [1.54, 1.807) is 25.4 Å². The summed E-state index contributed by atoms with van der Waals surface area (Å²) in [5, 5.41) is 9.81. The third-order valence-corrected chi connectivity index (χ3v) is 5.62. The van der Waals surface area contributed by atoms with Crippen LogP contribution >= 0.6 is 11.3 Å². The van der Waals surface area contributed by atoms with Crippen LogP contribution in [0.4, 0.5) is 5.13 Å². The van der Waals surface area contributed by atoms with Gasteiger partial charge in [-0.2, -0.15) is 0 Å². The number of furan rings is 1. The molecule has 9 heteroatoms. The van der Waals surface area contributed by atoms with Crippen molar-refractivity contribution in [1.29, 1.82) is 0 Å². The number of hydrogen-bond donors (Lipinski definition) is 1. The molecule has 0 fully saturated rings. The largest absolute Gasteiger partial charge is 0.466 e. The van der Waals surface area contributed by atoms with Gasteiger partial charge in [0.1, 0.15) is 11.5 Å². The maximum absolute atomic E-state index is 13.2. The first-order valence-electron chi connectivity index (χ1n) is 9.51. The van der Waals surface area contributed by atoms with Gasteiger partial charge in [0.2, 0.25) is 0 Å². The molecule has 31 heavy (non-hydrogen) atoms. The Balaban J connectivity index is 1.53. The molecule has 0 spiro atoms. The van der Waals surface area contributed by atoms with Crippen LogP contribution in [0.15, 0.2) is 51.0 Å². The maximum atomic E-state index is 13.2. The van der Waals surface area contributed by atoms with Crippen molar-refractivity contribution in [3.8, 4) is 22.5 Å². The molecule has 5 aromatic rings. The zero-order chi connectivity index (χ0) is 21.5. The second kappa shape index (κ2) is 7.44. The normalized spacial score (nSPS) is 11.2. The molecule has 0 aliphatic heterocycles. The highest BCUT2D eigenvalue weighted by molar-refractivity contribution is 7.14. The molecule has 0 saturated carbocycles. The summed E-state index contributed by atoms with van der Waals surface area (Å²) in [6, 6.07) is 7.38. The van der Waals surface area contributed by atoms with E-state index in [4.69, 9.17) is 8.94 Å². The number of carbonyl (C=O) groups is 1. The van der Waals surface area contributed by atoms with Gasteiger partial charge in [-0.25, -0.2) is 9.97 Å². The molecule has 0 aliphatic carbocycles. The van der Waals surface area contributed by atoms with Gasteiger partial charge in [0.15, 0.2) is 5.13 Å². The Kier molecular flexibility index (Phi) is 4.59. The molecule has 5 rings (SSSR count). The second-order valence-electron chi connectivity index (χ2n) is 7.06. The lowest BCUT2D eigenvalue weighted by Crippen LogP contribution is -2.13. The smallest absolute Gasteiger partial charge is 0.259 e. The molecule has 0 radical (unpaired) electrons. The number of fused-ring (bicyclic) bond motifs is 1. The van der Waals surface area contributed by atoms with E-state index < -0.39 is 0 Å². The number of nitrogens with one attached hydrogen (secondary N) is 1. The van der Waals surface area contributed by atoms with Gasteiger partial charge in [-0.3, -0.25) is 15.1 Å². The summed E-state index contributed by atoms with van der Waals surface area (Å²) >= 11 is 1.34. The monoisotopic (exact) mass is 431 g/mol. The summed E-state index contributed by atoms with van der Waals surface area (Å²) in [5.41, 5.74) is 4.32. The van der Waals surface area contributed by atoms with E-state index in [1.807, 2.05) is 37.4 Å². The van der Waals surface area contributed by atoms with E-state index in [9.17, 15) is 4.79 Å². The Morgan fingerprint density at radius 2 is 2.00 bits per heavy atom. The van der Waals surface area contributed by atoms with Gasteiger partial charge in [0, 0.05) is 28.9 Å². The van der Waals surface area contributed by atoms with Gasteiger partial charge < -0.3 is 8.94 Å². The number of carbonyl (C=O) groups excluding carboxylic acids is 1. The highest BCUT2D eigenvalue weighted by Crippen LogP contribution is 2.31. The fraction of sp³-hybridized carbons (Fsp3) is 0.136. The first-order chi connectivity index (χ1) is 15.0. The lowest BCUT2D eigenvalue weighted by Gasteiger charge is -2.06. The Bertz CT molecular complexity index is 1420. The lowest BCUT2D eigenvalue weighted by atomic mass is 10.1. The van der Waals surface area contributed by atoms with Gasteiger partial charge in [0.05, 0.1) is 28.0 Å². The van der Waals surface area contributed by atoms with Gasteiger partial charge >= 0.3 is 0 Å². The zero-order valence-electron chi connectivity index (χ0n) is 17.0. The quantitative estimate of drug-likeness (QED) is 0.418. The molecule has 154 valence electrons. The summed E-state index contributed by atoms with van der Waals surface area (Å²) < 4.78 is 11.0. The van der Waals surface area contributed by atoms with Crippen molar-refractivity contribution >= 4 is 33.5 Å². The molecule has 0 unspecified atom stereocenters. The molecule has 5 aromatic heterocycles. The number of nitrogens with zero attached hydrogens (tertiary/aromatic N) is 4. The highest BCUT2D eigenvalue weighted by Gasteiger charge is 2.22. The number of amides is 1. The molecule has 8 nitrogen and oxygen atoms in total. The predicted octanol–water partition coefficient (Wildman–Crippen LogP) is 5.18. The number of hydrogen-bond acceptors (Lipinski definition) is 8. The number of anilines is 1. The predicted molar refractivity (Wildman–Crippen MR) is 117 cm³/mol. The van der Waals surface area contributed by atoms with Crippen molar-refractivity contribution in [3.05, 3.63) is 64.8 Å². The van der Waals surface area contributed by atoms with Crippen LogP contribution < -0.4 is 5.32 Å². The fourth-order valence-corrected chi connectivity index (χ4v) is 4.15. The van der Waals surface area contributed by atoms with Crippen LogP contribution in [0.25, 0.3) is 33.6 Å². The second-order valence-corrected chi connectivity index (χ2v) is 7.92. The van der Waals surface area contributed by atoms with E-state index in [2.05, 4.69) is 25.4 Å². The minimum atomic E-state index is -0.315. The number of rotatable bonds is 4. The number of pyridine rings is 2. The van der Waals surface area contributed by atoms with E-state index in [0.717, 1.165) is 22.6 Å². The molecule has 0 saturated heterocycles. The van der Waals surface area contributed by atoms with Crippen LogP contribution in [0.5, 0.6) is 0 Å². The SMILES string of the molecule is Cc1cc(-c2cc(C(=O)Nc3nc(-c4cccnc4)cs3)c3c(C)noc3n2)c(C)o1. The van der Waals surface area contributed by atoms with Crippen molar-refractivity contribution < 1.29 is 13.7 Å². The summed E-state index contributed by atoms with van der Waals surface area (Å²) in [6.07, 6.45) is 3.43. The van der Waals surface area contributed by atoms with Crippen molar-refractivity contribution in [3.63, 3.8) is 0 Å². The van der Waals surface area contributed by atoms with Crippen molar-refractivity contribution in [2.24, 2.45) is 0 Å². The molecular weight excluding hydrogens is 414 g/mol. The van der Waals surface area contributed by atoms with Crippen LogP contribution in [-0.4, -0.2) is 26.0 Å². The highest BCUT2D eigenvalue weighted by atomic mass is 32.1. The maximum Gasteiger partial charge on any atom is 0.259 e. The Labute approximate surface area is 181 Å². The molecule has 5 heterocycles. The van der Waals surface area contributed by atoms with E-state index in [-0.39, 0.29) is 5.91 Å². The third-order valence-electron chi connectivity index (χ3n) is 4.86. The fourth-order valence-electron chi connectivity index (χ4n) is 3.44. The van der Waals surface area contributed by atoms with Crippen LogP contribution in [-0.2, 0) is 0 Å². The molecule has 1 amide bonds. The minimum Gasteiger partial charge on any atom is -0.466 e. The summed E-state index contributed by atoms with van der Waals surface area (Å²) in [4.78, 5) is 26.4. The Hall–Kier alpha value is -3.85. The number of thiazole rings is 1. The zero-order valence-corrected chi connectivity index (χ0v) is 17.8. The molecule has 0 aliphatic rings. The van der Waals surface area contributed by atoms with Crippen molar-refractivity contribution in [1.82, 2.24) is 20.1 Å². The van der Waals surface area contributed by atoms with E-state index in [0.29, 0.717) is 38.9 Å². The summed E-state index contributed by atoms with van der Waals surface area (Å²) in [7, 11) is 0. The Morgan fingerprint density at radius 1 is 1.13 bits per heavy atom. The number of aromatic nitrogens is 4. The van der Waals surface area contributed by atoms with Crippen molar-refractivity contribution in [2.75, 3.05) is 5.32 Å². The van der Waals surface area contributed by atoms with Crippen molar-refractivity contribution in [2.45, 2.75) is 20.8 Å². The topological polar surface area (TPSA) is 107 Å². The van der Waals surface area contributed by atoms with Gasteiger partial charge in [-0.15, -0.1) is 11.3 Å². The summed E-state index contributed by atoms with van der Waals surface area (Å²) in [5.74, 6) is 1.16. The minimum absolute atomic E-state index is 0.300. The molecule has 0 bridgehead atoms. The third kappa shape index (κ3) is 3.49. The van der Waals surface area contributed by atoms with Gasteiger partial charge in [0.25, 0.3) is 11.6 Å². The Morgan fingerprint density at radius 3 is 2.74 bits per heavy atom. The van der Waals surface area contributed by atoms with Gasteiger partial charge in [-0.1, -0.05) is 5.16 Å². The van der Waals surface area contributed by atoms with E-state index >= 15 is 0 Å². The standard InChI is InChI=1S/C22H17N5O3S/c1-11-7-15(13(3)29-11)17-8-16(19-12(2)27-30-21(19)24-17)20(28)26-22-25-18(10-31-22)14-5-4-6-23-9-14/h4-10H,1-3H3,(H,25,26,28). The number of aryl methyl sites for hydroxylation is 3. The van der Waals surface area contributed by atoms with Crippen LogP contribution in [0, 0.1) is 20.8 Å². The average molecular weight is 431 g/mol. The van der Waals surface area contributed by atoms with Crippen LogP contribution in [0.1, 0.15) is 27.6 Å². The molecule has 0 aromatic carbocycles. The molecular formula is C22H17N5O3S. The van der Waals surface area contributed by atoms with Gasteiger partial charge in [-0.05, 0) is 45.0 Å². The molecule has 0 atom stereocenters.